The van der Waals surface area contributed by atoms with Crippen LogP contribution in [0.2, 0.25) is 0 Å². The summed E-state index contributed by atoms with van der Waals surface area (Å²) in [5.41, 5.74) is 1.92. The number of nitrogens with zero attached hydrogens (tertiary/aromatic N) is 1. The van der Waals surface area contributed by atoms with Gasteiger partial charge in [0.15, 0.2) is 0 Å². The number of benzene rings is 1. The highest BCUT2D eigenvalue weighted by atomic mass is 16.6. The molecule has 0 saturated carbocycles. The van der Waals surface area contributed by atoms with E-state index in [9.17, 15) is 10.1 Å². The summed E-state index contributed by atoms with van der Waals surface area (Å²) >= 11 is 0. The van der Waals surface area contributed by atoms with Crippen LogP contribution in [0.3, 0.4) is 0 Å². The fraction of sp³-hybridized carbons (Fsp3) is 0.250. The standard InChI is InChI=1S/C8H8N2O2/c11-10(12)8-5-6-3-1-2-4-7(6)9-8/h1-4,8-9H,5H2. The van der Waals surface area contributed by atoms with Crippen molar-refractivity contribution in [2.75, 3.05) is 5.32 Å². The van der Waals surface area contributed by atoms with Crippen LogP contribution in [0.1, 0.15) is 5.56 Å². The fourth-order valence-electron chi connectivity index (χ4n) is 1.41. The molecule has 1 aliphatic heterocycles. The van der Waals surface area contributed by atoms with E-state index < -0.39 is 6.17 Å². The number of fused-ring (bicyclic) bond motifs is 1. The van der Waals surface area contributed by atoms with E-state index in [-0.39, 0.29) is 4.92 Å². The van der Waals surface area contributed by atoms with Crippen LogP contribution in [-0.2, 0) is 6.42 Å². The second-order valence-corrected chi connectivity index (χ2v) is 2.81. The number of nitro groups is 1. The van der Waals surface area contributed by atoms with Crippen molar-refractivity contribution in [2.45, 2.75) is 12.6 Å². The summed E-state index contributed by atoms with van der Waals surface area (Å²) < 4.78 is 0. The molecular weight excluding hydrogens is 156 g/mol. The zero-order valence-corrected chi connectivity index (χ0v) is 6.36. The van der Waals surface area contributed by atoms with E-state index in [1.807, 2.05) is 24.3 Å². The molecule has 0 aliphatic carbocycles. The maximum absolute atomic E-state index is 10.4. The third kappa shape index (κ3) is 1.01. The zero-order valence-electron chi connectivity index (χ0n) is 6.36. The monoisotopic (exact) mass is 164 g/mol. The highest BCUT2D eigenvalue weighted by molar-refractivity contribution is 5.55. The molecule has 1 atom stereocenters. The van der Waals surface area contributed by atoms with Gasteiger partial charge in [0, 0.05) is 10.6 Å². The molecule has 12 heavy (non-hydrogen) atoms. The van der Waals surface area contributed by atoms with Gasteiger partial charge in [-0.05, 0) is 11.6 Å². The predicted octanol–water partition coefficient (Wildman–Crippen LogP) is 1.26. The SMILES string of the molecule is O=[N+]([O-])C1Cc2ccccc2N1. The summed E-state index contributed by atoms with van der Waals surface area (Å²) in [6.07, 6.45) is -0.147. The van der Waals surface area contributed by atoms with Gasteiger partial charge in [0.2, 0.25) is 0 Å². The van der Waals surface area contributed by atoms with Gasteiger partial charge < -0.3 is 5.32 Å². The van der Waals surface area contributed by atoms with Gasteiger partial charge in [-0.2, -0.15) is 0 Å². The smallest absolute Gasteiger partial charge is 0.288 e. The van der Waals surface area contributed by atoms with Gasteiger partial charge in [-0.25, -0.2) is 0 Å². The van der Waals surface area contributed by atoms with Crippen LogP contribution in [0.15, 0.2) is 24.3 Å². The van der Waals surface area contributed by atoms with Crippen molar-refractivity contribution in [2.24, 2.45) is 0 Å². The van der Waals surface area contributed by atoms with Gasteiger partial charge in [0.25, 0.3) is 6.17 Å². The molecule has 0 bridgehead atoms. The Balaban J connectivity index is 2.27. The number of hydrogen-bond acceptors (Lipinski definition) is 3. The molecule has 0 saturated heterocycles. The van der Waals surface area contributed by atoms with Crippen molar-refractivity contribution in [1.29, 1.82) is 0 Å². The Kier molecular flexibility index (Phi) is 1.46. The van der Waals surface area contributed by atoms with Gasteiger partial charge in [-0.15, -0.1) is 0 Å². The van der Waals surface area contributed by atoms with E-state index in [2.05, 4.69) is 5.32 Å². The molecular formula is C8H8N2O2. The van der Waals surface area contributed by atoms with Crippen LogP contribution in [0, 0.1) is 10.1 Å². The summed E-state index contributed by atoms with van der Waals surface area (Å²) in [4.78, 5) is 10.1. The van der Waals surface area contributed by atoms with Crippen molar-refractivity contribution < 1.29 is 4.92 Å². The molecule has 1 aromatic carbocycles. The molecule has 1 N–H and O–H groups in total. The molecule has 0 spiro atoms. The zero-order chi connectivity index (χ0) is 8.55. The van der Waals surface area contributed by atoms with Crippen LogP contribution in [0.5, 0.6) is 0 Å². The Hall–Kier alpha value is -1.58. The Bertz CT molecular complexity index is 300. The number of anilines is 1. The molecule has 0 aromatic heterocycles. The second kappa shape index (κ2) is 2.48. The van der Waals surface area contributed by atoms with Crippen LogP contribution in [-0.4, -0.2) is 11.1 Å². The first-order valence-electron chi connectivity index (χ1n) is 3.75. The van der Waals surface area contributed by atoms with E-state index in [0.717, 1.165) is 11.3 Å². The first-order valence-corrected chi connectivity index (χ1v) is 3.75. The fourth-order valence-corrected chi connectivity index (χ4v) is 1.41. The predicted molar refractivity (Wildman–Crippen MR) is 44.6 cm³/mol. The third-order valence-electron chi connectivity index (χ3n) is 2.01. The lowest BCUT2D eigenvalue weighted by atomic mass is 10.2. The normalized spacial score (nSPS) is 19.8. The van der Waals surface area contributed by atoms with Gasteiger partial charge in [0.1, 0.15) is 0 Å². The quantitative estimate of drug-likeness (QED) is 0.502. The topological polar surface area (TPSA) is 55.2 Å². The lowest BCUT2D eigenvalue weighted by Crippen LogP contribution is -2.25. The van der Waals surface area contributed by atoms with Gasteiger partial charge in [-0.1, -0.05) is 18.2 Å². The number of nitrogens with one attached hydrogen (secondary N) is 1. The Morgan fingerprint density at radius 2 is 2.25 bits per heavy atom. The Labute approximate surface area is 69.4 Å². The summed E-state index contributed by atoms with van der Waals surface area (Å²) in [5, 5.41) is 13.2. The molecule has 0 radical (unpaired) electrons. The van der Waals surface area contributed by atoms with E-state index in [4.69, 9.17) is 0 Å². The first-order chi connectivity index (χ1) is 5.77. The maximum atomic E-state index is 10.4. The molecule has 1 aromatic rings. The van der Waals surface area contributed by atoms with Crippen molar-refractivity contribution in [1.82, 2.24) is 0 Å². The van der Waals surface area contributed by atoms with Gasteiger partial charge in [0.05, 0.1) is 6.42 Å². The van der Waals surface area contributed by atoms with Gasteiger partial charge in [-0.3, -0.25) is 10.1 Å². The average Bonchev–Trinajstić information content (AvgIpc) is 2.46. The van der Waals surface area contributed by atoms with E-state index >= 15 is 0 Å². The summed E-state index contributed by atoms with van der Waals surface area (Å²) in [7, 11) is 0. The third-order valence-corrected chi connectivity index (χ3v) is 2.01. The molecule has 4 nitrogen and oxygen atoms in total. The minimum absolute atomic E-state index is 0.292. The molecule has 0 amide bonds. The Morgan fingerprint density at radius 3 is 2.92 bits per heavy atom. The second-order valence-electron chi connectivity index (χ2n) is 2.81. The molecule has 4 heteroatoms. The largest absolute Gasteiger partial charge is 0.323 e. The van der Waals surface area contributed by atoms with Crippen molar-refractivity contribution >= 4 is 5.69 Å². The molecule has 62 valence electrons. The highest BCUT2D eigenvalue weighted by Gasteiger charge is 2.28. The molecule has 0 fully saturated rings. The Morgan fingerprint density at radius 1 is 1.50 bits per heavy atom. The average molecular weight is 164 g/mol. The lowest BCUT2D eigenvalue weighted by molar-refractivity contribution is -0.513. The summed E-state index contributed by atoms with van der Waals surface area (Å²) in [6.45, 7) is 0. The minimum atomic E-state index is -0.637. The molecule has 1 unspecified atom stereocenters. The minimum Gasteiger partial charge on any atom is -0.323 e. The number of rotatable bonds is 1. The van der Waals surface area contributed by atoms with Crippen molar-refractivity contribution in [3.05, 3.63) is 39.9 Å². The van der Waals surface area contributed by atoms with Crippen molar-refractivity contribution in [3.8, 4) is 0 Å². The molecule has 1 aliphatic rings. The van der Waals surface area contributed by atoms with E-state index in [0.29, 0.717) is 6.42 Å². The summed E-state index contributed by atoms with van der Waals surface area (Å²) in [5.74, 6) is 0. The van der Waals surface area contributed by atoms with E-state index in [1.165, 1.54) is 0 Å². The molecule has 1 heterocycles. The maximum Gasteiger partial charge on any atom is 0.288 e. The van der Waals surface area contributed by atoms with Crippen LogP contribution in [0.25, 0.3) is 0 Å². The van der Waals surface area contributed by atoms with Crippen LogP contribution >= 0.6 is 0 Å². The molecule has 2 rings (SSSR count). The number of hydrogen-bond donors (Lipinski definition) is 1. The van der Waals surface area contributed by atoms with Crippen molar-refractivity contribution in [3.63, 3.8) is 0 Å². The highest BCUT2D eigenvalue weighted by Crippen LogP contribution is 2.24. The van der Waals surface area contributed by atoms with Crippen LogP contribution < -0.4 is 5.32 Å². The van der Waals surface area contributed by atoms with Crippen LogP contribution in [0.4, 0.5) is 5.69 Å². The van der Waals surface area contributed by atoms with Gasteiger partial charge >= 0.3 is 0 Å². The first kappa shape index (κ1) is 7.09. The number of para-hydroxylation sites is 1. The van der Waals surface area contributed by atoms with E-state index in [1.54, 1.807) is 0 Å². The summed E-state index contributed by atoms with van der Waals surface area (Å²) in [6, 6.07) is 7.53. The lowest BCUT2D eigenvalue weighted by Gasteiger charge is -2.00.